The van der Waals surface area contributed by atoms with Crippen molar-refractivity contribution < 1.29 is 0 Å². The van der Waals surface area contributed by atoms with Crippen molar-refractivity contribution in [3.63, 3.8) is 0 Å². The van der Waals surface area contributed by atoms with Gasteiger partial charge >= 0.3 is 0 Å². The van der Waals surface area contributed by atoms with E-state index in [-0.39, 0.29) is 0 Å². The van der Waals surface area contributed by atoms with Gasteiger partial charge in [0.2, 0.25) is 0 Å². The van der Waals surface area contributed by atoms with Crippen molar-refractivity contribution in [1.29, 1.82) is 0 Å². The third-order valence-corrected chi connectivity index (χ3v) is 7.38. The van der Waals surface area contributed by atoms with Gasteiger partial charge < -0.3 is 0 Å². The lowest BCUT2D eigenvalue weighted by Gasteiger charge is -2.65. The smallest absolute Gasteiger partial charge is 0.0222 e. The van der Waals surface area contributed by atoms with Gasteiger partial charge in [0.15, 0.2) is 0 Å². The minimum atomic E-state index is 0.535. The molecular weight excluding hydrogens is 232 g/mol. The van der Waals surface area contributed by atoms with Crippen molar-refractivity contribution >= 4 is 0 Å². The minimum Gasteiger partial charge on any atom is -0.297 e. The molecule has 108 valence electrons. The first-order valence-electron chi connectivity index (χ1n) is 8.63. The molecule has 4 fully saturated rings. The zero-order chi connectivity index (χ0) is 13.1. The monoisotopic (exact) mass is 262 g/mol. The fourth-order valence-electron chi connectivity index (χ4n) is 5.85. The molecule has 4 atom stereocenters. The highest BCUT2D eigenvalue weighted by molar-refractivity contribution is 5.11. The Bertz CT molecular complexity index is 334. The van der Waals surface area contributed by atoms with Gasteiger partial charge in [-0.15, -0.1) is 0 Å². The van der Waals surface area contributed by atoms with E-state index in [2.05, 4.69) is 23.6 Å². The van der Waals surface area contributed by atoms with E-state index in [4.69, 9.17) is 0 Å². The molecule has 4 aliphatic heterocycles. The average molecular weight is 262 g/mol. The molecule has 4 rings (SSSR count). The van der Waals surface area contributed by atoms with Gasteiger partial charge in [0.25, 0.3) is 0 Å². The molecule has 0 N–H and O–H groups in total. The first-order chi connectivity index (χ1) is 9.13. The average Bonchev–Trinajstić information content (AvgIpc) is 2.41. The molecule has 0 amide bonds. The van der Waals surface area contributed by atoms with Crippen molar-refractivity contribution in [3.8, 4) is 0 Å². The van der Waals surface area contributed by atoms with Crippen molar-refractivity contribution in [2.75, 3.05) is 26.2 Å². The fourth-order valence-corrected chi connectivity index (χ4v) is 5.85. The van der Waals surface area contributed by atoms with Gasteiger partial charge in [-0.3, -0.25) is 9.80 Å². The Morgan fingerprint density at radius 2 is 1.21 bits per heavy atom. The summed E-state index contributed by atoms with van der Waals surface area (Å²) in [5.41, 5.74) is 1.07. The molecule has 0 saturated carbocycles. The molecule has 0 aliphatic carbocycles. The van der Waals surface area contributed by atoms with E-state index in [1.807, 2.05) is 0 Å². The summed E-state index contributed by atoms with van der Waals surface area (Å²) in [7, 11) is 0. The van der Waals surface area contributed by atoms with Crippen molar-refractivity contribution in [3.05, 3.63) is 0 Å². The Balaban J connectivity index is 1.66. The van der Waals surface area contributed by atoms with Crippen LogP contribution in [-0.2, 0) is 0 Å². The molecule has 2 bridgehead atoms. The van der Waals surface area contributed by atoms with Gasteiger partial charge in [-0.05, 0) is 70.9 Å². The Hall–Kier alpha value is -0.0800. The first-order valence-corrected chi connectivity index (χ1v) is 8.63. The van der Waals surface area contributed by atoms with Crippen LogP contribution in [0.25, 0.3) is 0 Å². The standard InChI is InChI=1S/C17H30N2/c1-16-7-3-5-9-18(16)13-15-11-14(16)12-19-10-6-4-8-17(15,19)2/h14-15H,3-13H2,1-2H3/t14?,15?,16-,17+. The van der Waals surface area contributed by atoms with Crippen LogP contribution in [0.3, 0.4) is 0 Å². The number of nitrogens with zero attached hydrogens (tertiary/aromatic N) is 2. The number of hydrogen-bond donors (Lipinski definition) is 0. The molecule has 2 unspecified atom stereocenters. The molecule has 19 heavy (non-hydrogen) atoms. The highest BCUT2D eigenvalue weighted by Gasteiger charge is 2.56. The molecule has 4 saturated heterocycles. The second-order valence-corrected chi connectivity index (χ2v) is 8.15. The van der Waals surface area contributed by atoms with Gasteiger partial charge in [-0.2, -0.15) is 0 Å². The van der Waals surface area contributed by atoms with Crippen LogP contribution in [0, 0.1) is 11.8 Å². The Morgan fingerprint density at radius 1 is 0.737 bits per heavy atom. The molecule has 0 radical (unpaired) electrons. The van der Waals surface area contributed by atoms with E-state index in [1.165, 1.54) is 71.1 Å². The van der Waals surface area contributed by atoms with E-state index in [0.29, 0.717) is 11.1 Å². The molecule has 0 aromatic rings. The molecule has 4 heterocycles. The lowest BCUT2D eigenvalue weighted by atomic mass is 9.60. The predicted octanol–water partition coefficient (Wildman–Crippen LogP) is 3.13. The quantitative estimate of drug-likeness (QED) is 0.662. The second kappa shape index (κ2) is 4.21. The van der Waals surface area contributed by atoms with Crippen LogP contribution >= 0.6 is 0 Å². The fraction of sp³-hybridized carbons (Fsp3) is 1.00. The van der Waals surface area contributed by atoms with E-state index in [1.54, 1.807) is 0 Å². The van der Waals surface area contributed by atoms with Crippen LogP contribution in [0.2, 0.25) is 0 Å². The van der Waals surface area contributed by atoms with Gasteiger partial charge in [-0.25, -0.2) is 0 Å². The lowest BCUT2D eigenvalue weighted by Crippen LogP contribution is -2.71. The van der Waals surface area contributed by atoms with Crippen molar-refractivity contribution in [2.45, 2.75) is 69.9 Å². The Kier molecular flexibility index (Phi) is 2.80. The van der Waals surface area contributed by atoms with Gasteiger partial charge in [-0.1, -0.05) is 12.8 Å². The third-order valence-electron chi connectivity index (χ3n) is 7.38. The summed E-state index contributed by atoms with van der Waals surface area (Å²) >= 11 is 0. The zero-order valence-electron chi connectivity index (χ0n) is 12.8. The van der Waals surface area contributed by atoms with Crippen LogP contribution in [0.1, 0.15) is 58.8 Å². The molecule has 0 aromatic heterocycles. The number of hydrogen-bond acceptors (Lipinski definition) is 2. The van der Waals surface area contributed by atoms with Crippen LogP contribution in [0.5, 0.6) is 0 Å². The molecular formula is C17H30N2. The van der Waals surface area contributed by atoms with Crippen LogP contribution in [-0.4, -0.2) is 47.1 Å². The summed E-state index contributed by atoms with van der Waals surface area (Å²) in [6.07, 6.45) is 10.2. The third kappa shape index (κ3) is 1.68. The van der Waals surface area contributed by atoms with Gasteiger partial charge in [0.1, 0.15) is 0 Å². The number of rotatable bonds is 0. The lowest BCUT2D eigenvalue weighted by molar-refractivity contribution is -0.149. The van der Waals surface area contributed by atoms with Crippen LogP contribution < -0.4 is 0 Å². The van der Waals surface area contributed by atoms with Crippen molar-refractivity contribution in [2.24, 2.45) is 11.8 Å². The molecule has 4 aliphatic rings. The maximum absolute atomic E-state index is 2.90. The van der Waals surface area contributed by atoms with E-state index >= 15 is 0 Å². The summed E-state index contributed by atoms with van der Waals surface area (Å²) in [4.78, 5) is 5.79. The highest BCUT2D eigenvalue weighted by atomic mass is 15.3. The Morgan fingerprint density at radius 3 is 1.68 bits per heavy atom. The summed E-state index contributed by atoms with van der Waals surface area (Å²) < 4.78 is 0. The maximum atomic E-state index is 2.90. The molecule has 2 nitrogen and oxygen atoms in total. The Labute approximate surface area is 118 Å². The SMILES string of the molecule is C[C@@]12CCCCN1CC1CC2CN2CCCC[C@]12C. The molecule has 0 aromatic carbocycles. The van der Waals surface area contributed by atoms with Crippen LogP contribution in [0.15, 0.2) is 0 Å². The van der Waals surface area contributed by atoms with E-state index in [0.717, 1.165) is 11.8 Å². The van der Waals surface area contributed by atoms with Crippen molar-refractivity contribution in [1.82, 2.24) is 9.80 Å². The highest BCUT2D eigenvalue weighted by Crippen LogP contribution is 2.52. The van der Waals surface area contributed by atoms with E-state index in [9.17, 15) is 0 Å². The maximum Gasteiger partial charge on any atom is 0.0222 e. The first kappa shape index (κ1) is 12.6. The van der Waals surface area contributed by atoms with E-state index < -0.39 is 0 Å². The number of piperidine rings is 4. The second-order valence-electron chi connectivity index (χ2n) is 8.15. The summed E-state index contributed by atoms with van der Waals surface area (Å²) in [6, 6.07) is 0. The summed E-state index contributed by atoms with van der Waals surface area (Å²) in [5, 5.41) is 0. The summed E-state index contributed by atoms with van der Waals surface area (Å²) in [6.45, 7) is 10.7. The molecule has 2 heteroatoms. The summed E-state index contributed by atoms with van der Waals surface area (Å²) in [5.74, 6) is 1.88. The van der Waals surface area contributed by atoms with Gasteiger partial charge in [0.05, 0.1) is 0 Å². The zero-order valence-corrected chi connectivity index (χ0v) is 12.8. The normalized spacial score (nSPS) is 51.5. The van der Waals surface area contributed by atoms with Crippen LogP contribution in [0.4, 0.5) is 0 Å². The topological polar surface area (TPSA) is 6.48 Å². The predicted molar refractivity (Wildman–Crippen MR) is 79.3 cm³/mol. The number of fused-ring (bicyclic) bond motifs is 6. The molecule has 0 spiro atoms. The minimum absolute atomic E-state index is 0.535. The van der Waals surface area contributed by atoms with Gasteiger partial charge in [0, 0.05) is 24.2 Å². The largest absolute Gasteiger partial charge is 0.297 e.